The van der Waals surface area contributed by atoms with E-state index >= 15 is 0 Å². The Bertz CT molecular complexity index is 728. The average Bonchev–Trinajstić information content (AvgIpc) is 2.79. The predicted octanol–water partition coefficient (Wildman–Crippen LogP) is 8.86. The molecular formula is C28H43FN2O. The summed E-state index contributed by atoms with van der Waals surface area (Å²) >= 11 is 0. The van der Waals surface area contributed by atoms with Gasteiger partial charge in [0.1, 0.15) is 5.75 Å². The van der Waals surface area contributed by atoms with Crippen molar-refractivity contribution in [2.75, 3.05) is 0 Å². The predicted molar refractivity (Wildman–Crippen MR) is 133 cm³/mol. The minimum atomic E-state index is -1.64. The number of nitrogens with zero attached hydrogens (tertiary/aromatic N) is 2. The molecule has 0 radical (unpaired) electrons. The summed E-state index contributed by atoms with van der Waals surface area (Å²) in [5.74, 6) is -0.399. The molecule has 0 aliphatic rings. The molecule has 0 fully saturated rings. The Morgan fingerprint density at radius 3 is 1.88 bits per heavy atom. The molecule has 3 nitrogen and oxygen atoms in total. The summed E-state index contributed by atoms with van der Waals surface area (Å²) in [5.41, 5.74) is 2.10. The van der Waals surface area contributed by atoms with Crippen molar-refractivity contribution in [3.8, 4) is 17.1 Å². The number of unbranched alkanes of at least 4 members (excludes halogenated alkanes) is 10. The van der Waals surface area contributed by atoms with Crippen LogP contribution in [0.3, 0.4) is 0 Å². The summed E-state index contributed by atoms with van der Waals surface area (Å²) < 4.78 is 20.4. The summed E-state index contributed by atoms with van der Waals surface area (Å²) in [6.45, 7) is 5.98. The summed E-state index contributed by atoms with van der Waals surface area (Å²) in [4.78, 5) is 9.05. The molecule has 0 saturated heterocycles. The molecule has 1 aromatic carbocycles. The average molecular weight is 443 g/mol. The van der Waals surface area contributed by atoms with E-state index in [2.05, 4.69) is 23.8 Å². The van der Waals surface area contributed by atoms with Gasteiger partial charge in [0, 0.05) is 31.3 Å². The Hall–Kier alpha value is -1.97. The van der Waals surface area contributed by atoms with Crippen molar-refractivity contribution in [2.45, 2.75) is 117 Å². The van der Waals surface area contributed by atoms with Gasteiger partial charge in [-0.3, -0.25) is 0 Å². The van der Waals surface area contributed by atoms with Crippen LogP contribution in [0.4, 0.5) is 4.39 Å². The first-order valence-corrected chi connectivity index (χ1v) is 12.8. The molecule has 178 valence electrons. The van der Waals surface area contributed by atoms with Gasteiger partial charge in [0.25, 0.3) is 0 Å². The molecule has 4 heteroatoms. The van der Waals surface area contributed by atoms with E-state index in [1.54, 1.807) is 0 Å². The van der Waals surface area contributed by atoms with Crippen LogP contribution in [0.25, 0.3) is 11.4 Å². The molecule has 0 aliphatic heterocycles. The third-order valence-corrected chi connectivity index (χ3v) is 5.94. The highest BCUT2D eigenvalue weighted by atomic mass is 19.2. The molecule has 1 heterocycles. The highest BCUT2D eigenvalue weighted by Crippen LogP contribution is 2.27. The number of hydrogen-bond acceptors (Lipinski definition) is 3. The lowest BCUT2D eigenvalue weighted by Crippen LogP contribution is -2.26. The zero-order valence-corrected chi connectivity index (χ0v) is 20.5. The Balaban J connectivity index is 1.76. The van der Waals surface area contributed by atoms with Crippen molar-refractivity contribution in [3.63, 3.8) is 0 Å². The molecule has 32 heavy (non-hydrogen) atoms. The molecule has 2 aromatic rings. The number of aromatic nitrogens is 2. The molecule has 0 bridgehead atoms. The van der Waals surface area contributed by atoms with Gasteiger partial charge in [0.15, 0.2) is 5.82 Å². The van der Waals surface area contributed by atoms with Crippen LogP contribution < -0.4 is 4.74 Å². The van der Waals surface area contributed by atoms with Gasteiger partial charge in [-0.25, -0.2) is 9.97 Å². The van der Waals surface area contributed by atoms with Gasteiger partial charge >= 0.3 is 0 Å². The normalized spacial score (nSPS) is 13.1. The molecule has 0 spiro atoms. The first-order chi connectivity index (χ1) is 15.5. The number of hydrogen-bond donors (Lipinski definition) is 0. The van der Waals surface area contributed by atoms with E-state index in [1.165, 1.54) is 76.7 Å². The molecule has 0 saturated carbocycles. The number of benzene rings is 1. The second kappa shape index (κ2) is 15.0. The zero-order chi connectivity index (χ0) is 23.1. The summed E-state index contributed by atoms with van der Waals surface area (Å²) in [6, 6.07) is 7.42. The first kappa shape index (κ1) is 26.3. The topological polar surface area (TPSA) is 35.0 Å². The molecule has 1 aromatic heterocycles. The maximum absolute atomic E-state index is 14.8. The minimum Gasteiger partial charge on any atom is -0.458 e. The Kier molecular flexibility index (Phi) is 12.3. The second-order valence-corrected chi connectivity index (χ2v) is 9.18. The highest BCUT2D eigenvalue weighted by molar-refractivity contribution is 5.55. The van der Waals surface area contributed by atoms with Gasteiger partial charge < -0.3 is 4.74 Å². The highest BCUT2D eigenvalue weighted by Gasteiger charge is 2.24. The third-order valence-electron chi connectivity index (χ3n) is 5.94. The number of aryl methyl sites for hydroxylation is 1. The largest absolute Gasteiger partial charge is 0.458 e. The number of rotatable bonds is 17. The van der Waals surface area contributed by atoms with Crippen molar-refractivity contribution in [1.29, 1.82) is 0 Å². The van der Waals surface area contributed by atoms with E-state index in [-0.39, 0.29) is 0 Å². The van der Waals surface area contributed by atoms with Crippen molar-refractivity contribution in [1.82, 2.24) is 9.97 Å². The number of halogens is 1. The van der Waals surface area contributed by atoms with E-state index in [4.69, 9.17) is 4.74 Å². The molecule has 0 amide bonds. The van der Waals surface area contributed by atoms with Gasteiger partial charge in [-0.2, -0.15) is 4.39 Å². The Morgan fingerprint density at radius 2 is 1.28 bits per heavy atom. The standard InChI is InChI=1S/C28H43FN2O/c1-4-6-8-10-12-14-16-24-22-30-27(31-23-24)25-17-19-26(20-18-25)32-28(3,29)21-15-13-11-9-7-5-2/h17-20,22-23H,4-16,21H2,1-3H3. The smallest absolute Gasteiger partial charge is 0.245 e. The van der Waals surface area contributed by atoms with Crippen LogP contribution in [0.2, 0.25) is 0 Å². The van der Waals surface area contributed by atoms with E-state index in [0.29, 0.717) is 18.0 Å². The zero-order valence-electron chi connectivity index (χ0n) is 20.5. The molecular weight excluding hydrogens is 399 g/mol. The van der Waals surface area contributed by atoms with Gasteiger partial charge in [-0.05, 0) is 49.1 Å². The fourth-order valence-corrected chi connectivity index (χ4v) is 3.93. The number of ether oxygens (including phenoxy) is 1. The molecule has 0 aliphatic carbocycles. The number of alkyl halides is 1. The van der Waals surface area contributed by atoms with Gasteiger partial charge in [0.2, 0.25) is 5.85 Å². The van der Waals surface area contributed by atoms with Crippen LogP contribution in [-0.4, -0.2) is 15.8 Å². The molecule has 0 N–H and O–H groups in total. The van der Waals surface area contributed by atoms with Crippen LogP contribution >= 0.6 is 0 Å². The summed E-state index contributed by atoms with van der Waals surface area (Å²) in [5, 5.41) is 0. The molecule has 1 atom stereocenters. The van der Waals surface area contributed by atoms with E-state index in [0.717, 1.165) is 24.8 Å². The first-order valence-electron chi connectivity index (χ1n) is 12.8. The van der Waals surface area contributed by atoms with Gasteiger partial charge in [-0.15, -0.1) is 0 Å². The Labute approximate surface area is 195 Å². The van der Waals surface area contributed by atoms with Crippen molar-refractivity contribution in [3.05, 3.63) is 42.2 Å². The van der Waals surface area contributed by atoms with E-state index < -0.39 is 5.85 Å². The van der Waals surface area contributed by atoms with Crippen LogP contribution in [0.15, 0.2) is 36.7 Å². The van der Waals surface area contributed by atoms with Gasteiger partial charge in [-0.1, -0.05) is 78.1 Å². The maximum Gasteiger partial charge on any atom is 0.245 e. The third kappa shape index (κ3) is 10.6. The lowest BCUT2D eigenvalue weighted by atomic mass is 10.1. The van der Waals surface area contributed by atoms with Crippen molar-refractivity contribution < 1.29 is 9.13 Å². The maximum atomic E-state index is 14.8. The van der Waals surface area contributed by atoms with Crippen LogP contribution in [0.1, 0.15) is 110 Å². The Morgan fingerprint density at radius 1 is 0.750 bits per heavy atom. The lowest BCUT2D eigenvalue weighted by molar-refractivity contribution is -0.0530. The monoisotopic (exact) mass is 442 g/mol. The fourth-order valence-electron chi connectivity index (χ4n) is 3.93. The van der Waals surface area contributed by atoms with Crippen molar-refractivity contribution >= 4 is 0 Å². The minimum absolute atomic E-state index is 0.421. The van der Waals surface area contributed by atoms with Crippen LogP contribution in [0.5, 0.6) is 5.75 Å². The quantitative estimate of drug-likeness (QED) is 0.229. The van der Waals surface area contributed by atoms with Crippen molar-refractivity contribution in [2.24, 2.45) is 0 Å². The van der Waals surface area contributed by atoms with Crippen LogP contribution in [-0.2, 0) is 6.42 Å². The fraction of sp³-hybridized carbons (Fsp3) is 0.643. The second-order valence-electron chi connectivity index (χ2n) is 9.18. The van der Waals surface area contributed by atoms with Gasteiger partial charge in [0.05, 0.1) is 0 Å². The van der Waals surface area contributed by atoms with E-state index in [1.807, 2.05) is 36.7 Å². The molecule has 2 rings (SSSR count). The van der Waals surface area contributed by atoms with E-state index in [9.17, 15) is 4.39 Å². The summed E-state index contributed by atoms with van der Waals surface area (Å²) in [7, 11) is 0. The van der Waals surface area contributed by atoms with Crippen LogP contribution in [0, 0.1) is 0 Å². The lowest BCUT2D eigenvalue weighted by Gasteiger charge is -2.22. The summed E-state index contributed by atoms with van der Waals surface area (Å²) in [6.07, 6.45) is 19.9. The SMILES string of the molecule is CCCCCCCCc1cnc(-c2ccc(OC(C)(F)CCCCCCCC)cc2)nc1. The molecule has 1 unspecified atom stereocenters.